The van der Waals surface area contributed by atoms with Gasteiger partial charge in [-0.05, 0) is 43.7 Å². The number of carbonyl (C=O) groups excluding carboxylic acids is 2. The van der Waals surface area contributed by atoms with E-state index in [-0.39, 0.29) is 23.3 Å². The summed E-state index contributed by atoms with van der Waals surface area (Å²) in [5.41, 5.74) is 4.29. The van der Waals surface area contributed by atoms with E-state index in [1.54, 1.807) is 23.1 Å². The van der Waals surface area contributed by atoms with Crippen LogP contribution in [0.15, 0.2) is 46.6 Å². The maximum absolute atomic E-state index is 12.4. The second kappa shape index (κ2) is 6.83. The van der Waals surface area contributed by atoms with Gasteiger partial charge in [0.1, 0.15) is 0 Å². The molecule has 2 aromatic rings. The summed E-state index contributed by atoms with van der Waals surface area (Å²) in [5, 5.41) is 12.1. The van der Waals surface area contributed by atoms with Crippen molar-refractivity contribution in [3.8, 4) is 0 Å². The second-order valence-corrected chi connectivity index (χ2v) is 7.66. The van der Waals surface area contributed by atoms with Crippen molar-refractivity contribution in [3.63, 3.8) is 0 Å². The summed E-state index contributed by atoms with van der Waals surface area (Å²) < 4.78 is 0. The van der Waals surface area contributed by atoms with E-state index in [4.69, 9.17) is 11.6 Å². The summed E-state index contributed by atoms with van der Waals surface area (Å²) in [6, 6.07) is 10.9. The van der Waals surface area contributed by atoms with Gasteiger partial charge in [0.15, 0.2) is 10.9 Å². The van der Waals surface area contributed by atoms with Gasteiger partial charge in [0.05, 0.1) is 17.1 Å². The van der Waals surface area contributed by atoms with Crippen LogP contribution in [0.3, 0.4) is 0 Å². The largest absolute Gasteiger partial charge is 0.320 e. The zero-order chi connectivity index (χ0) is 19.1. The van der Waals surface area contributed by atoms with Crippen molar-refractivity contribution in [3.05, 3.63) is 58.1 Å². The van der Waals surface area contributed by atoms with Crippen LogP contribution in [0.2, 0.25) is 5.02 Å². The lowest BCUT2D eigenvalue weighted by atomic mass is 10.1. The van der Waals surface area contributed by atoms with Crippen LogP contribution in [-0.4, -0.2) is 28.4 Å². The van der Waals surface area contributed by atoms with Gasteiger partial charge in [-0.25, -0.2) is 0 Å². The number of thioether (sulfide) groups is 1. The predicted octanol–water partition coefficient (Wildman–Crippen LogP) is 3.75. The third kappa shape index (κ3) is 3.24. The van der Waals surface area contributed by atoms with Gasteiger partial charge in [0.2, 0.25) is 5.91 Å². The highest BCUT2D eigenvalue weighted by Crippen LogP contribution is 2.31. The molecule has 0 spiro atoms. The van der Waals surface area contributed by atoms with E-state index in [1.165, 1.54) is 11.8 Å². The molecule has 0 aliphatic carbocycles. The van der Waals surface area contributed by atoms with Crippen LogP contribution in [0.5, 0.6) is 0 Å². The van der Waals surface area contributed by atoms with Crippen molar-refractivity contribution < 1.29 is 9.59 Å². The number of fused-ring (bicyclic) bond motifs is 1. The maximum atomic E-state index is 12.4. The van der Waals surface area contributed by atoms with Gasteiger partial charge in [0, 0.05) is 10.6 Å². The number of amidine groups is 1. The Labute approximate surface area is 165 Å². The lowest BCUT2D eigenvalue weighted by Gasteiger charge is -2.18. The highest BCUT2D eigenvalue weighted by Gasteiger charge is 2.32. The summed E-state index contributed by atoms with van der Waals surface area (Å²) in [4.78, 5) is 26.2. The van der Waals surface area contributed by atoms with Gasteiger partial charge in [0.25, 0.3) is 5.91 Å². The van der Waals surface area contributed by atoms with Crippen molar-refractivity contribution in [1.82, 2.24) is 0 Å². The fourth-order valence-electron chi connectivity index (χ4n) is 3.05. The Morgan fingerprint density at radius 1 is 1.11 bits per heavy atom. The molecule has 0 atom stereocenters. The third-order valence-corrected chi connectivity index (χ3v) is 5.44. The molecule has 0 radical (unpaired) electrons. The Balaban J connectivity index is 1.73. The number of halogens is 1. The van der Waals surface area contributed by atoms with E-state index in [0.29, 0.717) is 21.4 Å². The van der Waals surface area contributed by atoms with Crippen molar-refractivity contribution in [2.24, 2.45) is 10.2 Å². The standard InChI is InChI=1S/C19H15ClN4O2S/c1-10-3-6-15(11(2)7-10)24-16(25)9-27-19(24)23-22-17-13-8-12(20)4-5-14(13)21-18(17)26/h3-8H,9H2,1-2H3,(H,21,22,26). The minimum atomic E-state index is -0.344. The van der Waals surface area contributed by atoms with Gasteiger partial charge < -0.3 is 5.32 Å². The highest BCUT2D eigenvalue weighted by atomic mass is 35.5. The molecule has 2 aromatic carbocycles. The predicted molar refractivity (Wildman–Crippen MR) is 110 cm³/mol. The first kappa shape index (κ1) is 17.8. The Morgan fingerprint density at radius 3 is 2.70 bits per heavy atom. The Kier molecular flexibility index (Phi) is 4.49. The number of nitrogens with zero attached hydrogens (tertiary/aromatic N) is 3. The smallest absolute Gasteiger partial charge is 0.276 e. The quantitative estimate of drug-likeness (QED) is 0.783. The normalized spacial score (nSPS) is 19.1. The van der Waals surface area contributed by atoms with E-state index >= 15 is 0 Å². The molecule has 0 bridgehead atoms. The molecule has 6 nitrogen and oxygen atoms in total. The van der Waals surface area contributed by atoms with Crippen LogP contribution >= 0.6 is 23.4 Å². The van der Waals surface area contributed by atoms with E-state index in [9.17, 15) is 9.59 Å². The zero-order valence-corrected chi connectivity index (χ0v) is 16.2. The summed E-state index contributed by atoms with van der Waals surface area (Å²) >= 11 is 7.33. The van der Waals surface area contributed by atoms with Gasteiger partial charge >= 0.3 is 0 Å². The molecule has 2 heterocycles. The number of hydrogen-bond donors (Lipinski definition) is 1. The van der Waals surface area contributed by atoms with Gasteiger partial charge in [-0.1, -0.05) is 41.1 Å². The van der Waals surface area contributed by atoms with Crippen LogP contribution in [0.1, 0.15) is 16.7 Å². The molecule has 0 unspecified atom stereocenters. The molecule has 0 saturated carbocycles. The molecule has 1 fully saturated rings. The van der Waals surface area contributed by atoms with Crippen LogP contribution in [0, 0.1) is 13.8 Å². The van der Waals surface area contributed by atoms with Crippen molar-refractivity contribution in [2.45, 2.75) is 13.8 Å². The number of amides is 2. The Bertz CT molecular complexity index is 1050. The number of aryl methyl sites for hydroxylation is 2. The summed E-state index contributed by atoms with van der Waals surface area (Å²) in [5.74, 6) is -0.125. The van der Waals surface area contributed by atoms with Crippen LogP contribution in [-0.2, 0) is 9.59 Å². The average molecular weight is 399 g/mol. The van der Waals surface area contributed by atoms with Crippen molar-refractivity contribution in [1.29, 1.82) is 0 Å². The number of rotatable bonds is 2. The first-order chi connectivity index (χ1) is 12.9. The molecule has 1 saturated heterocycles. The van der Waals surface area contributed by atoms with Crippen molar-refractivity contribution in [2.75, 3.05) is 16.0 Å². The fraction of sp³-hybridized carbons (Fsp3) is 0.158. The third-order valence-electron chi connectivity index (χ3n) is 4.29. The van der Waals surface area contributed by atoms with E-state index in [2.05, 4.69) is 15.5 Å². The molecule has 4 rings (SSSR count). The van der Waals surface area contributed by atoms with E-state index in [1.807, 2.05) is 32.0 Å². The van der Waals surface area contributed by atoms with Crippen LogP contribution < -0.4 is 10.2 Å². The summed E-state index contributed by atoms with van der Waals surface area (Å²) in [6.07, 6.45) is 0. The number of anilines is 2. The topological polar surface area (TPSA) is 74.1 Å². The van der Waals surface area contributed by atoms with E-state index < -0.39 is 0 Å². The second-order valence-electron chi connectivity index (χ2n) is 6.28. The minimum absolute atomic E-state index is 0.0646. The number of nitrogens with one attached hydrogen (secondary N) is 1. The lowest BCUT2D eigenvalue weighted by Crippen LogP contribution is -2.29. The Morgan fingerprint density at radius 2 is 1.93 bits per heavy atom. The molecular weight excluding hydrogens is 384 g/mol. The number of hydrogen-bond acceptors (Lipinski definition) is 5. The van der Waals surface area contributed by atoms with Crippen molar-refractivity contribution >= 4 is 57.4 Å². The van der Waals surface area contributed by atoms with Crippen LogP contribution in [0.25, 0.3) is 0 Å². The van der Waals surface area contributed by atoms with E-state index in [0.717, 1.165) is 16.8 Å². The SMILES string of the molecule is Cc1ccc(N2C(=O)CSC2=NN=C2C(=O)Nc3ccc(Cl)cc32)c(C)c1. The monoisotopic (exact) mass is 398 g/mol. The zero-order valence-electron chi connectivity index (χ0n) is 14.6. The summed E-state index contributed by atoms with van der Waals surface area (Å²) in [7, 11) is 0. The number of benzene rings is 2. The first-order valence-corrected chi connectivity index (χ1v) is 9.60. The number of carbonyl (C=O) groups is 2. The molecule has 1 N–H and O–H groups in total. The lowest BCUT2D eigenvalue weighted by molar-refractivity contribution is -0.115. The average Bonchev–Trinajstić information content (AvgIpc) is 3.12. The van der Waals surface area contributed by atoms with Crippen LogP contribution in [0.4, 0.5) is 11.4 Å². The minimum Gasteiger partial charge on any atom is -0.320 e. The molecular formula is C19H15ClN4O2S. The molecule has 2 amide bonds. The van der Waals surface area contributed by atoms with Gasteiger partial charge in [-0.2, -0.15) is 0 Å². The molecule has 2 aliphatic rings. The highest BCUT2D eigenvalue weighted by molar-refractivity contribution is 8.15. The summed E-state index contributed by atoms with van der Waals surface area (Å²) in [6.45, 7) is 3.95. The molecule has 2 aliphatic heterocycles. The Hall–Kier alpha value is -2.64. The molecule has 27 heavy (non-hydrogen) atoms. The van der Waals surface area contributed by atoms with Gasteiger partial charge in [-0.15, -0.1) is 10.2 Å². The molecule has 136 valence electrons. The first-order valence-electron chi connectivity index (χ1n) is 8.24. The van der Waals surface area contributed by atoms with Gasteiger partial charge in [-0.3, -0.25) is 14.5 Å². The molecule has 0 aromatic heterocycles. The molecule has 8 heteroatoms. The fourth-order valence-corrected chi connectivity index (χ4v) is 4.03. The maximum Gasteiger partial charge on any atom is 0.276 e.